The van der Waals surface area contributed by atoms with E-state index in [1.807, 2.05) is 0 Å². The molecule has 9 heteroatoms. The van der Waals surface area contributed by atoms with E-state index in [-0.39, 0.29) is 16.2 Å². The fourth-order valence-corrected chi connectivity index (χ4v) is 4.34. The molecule has 3 aromatic carbocycles. The number of benzene rings is 3. The number of rotatable bonds is 6. The van der Waals surface area contributed by atoms with E-state index < -0.39 is 15.9 Å². The molecule has 8 nitrogen and oxygen atoms in total. The molecule has 2 N–H and O–H groups in total. The quantitative estimate of drug-likeness (QED) is 0.529. The molecule has 0 spiro atoms. The van der Waals surface area contributed by atoms with Gasteiger partial charge in [0.05, 0.1) is 18.1 Å². The standard InChI is InChI=1S/C24H22N2O6S/c1-16(27)17-6-8-19(9-7-17)26-33(29,30)21-5-2-4-18(14-21)24(28)25-20-10-11-22-23(15-20)32-13-3-12-31-22/h2,4-11,14-15,26H,3,12-13H2,1H3,(H,25,28). The molecule has 1 amide bonds. The molecule has 0 saturated carbocycles. The van der Waals surface area contributed by atoms with Crippen LogP contribution in [0.15, 0.2) is 71.6 Å². The topological polar surface area (TPSA) is 111 Å². The summed E-state index contributed by atoms with van der Waals surface area (Å²) in [5, 5.41) is 2.75. The van der Waals surface area contributed by atoms with E-state index in [4.69, 9.17) is 9.47 Å². The van der Waals surface area contributed by atoms with E-state index in [0.717, 1.165) is 6.42 Å². The highest BCUT2D eigenvalue weighted by atomic mass is 32.2. The predicted octanol–water partition coefficient (Wildman–Crippen LogP) is 4.10. The lowest BCUT2D eigenvalue weighted by Crippen LogP contribution is -2.16. The number of anilines is 2. The van der Waals surface area contributed by atoms with Crippen molar-refractivity contribution < 1.29 is 27.5 Å². The SMILES string of the molecule is CC(=O)c1ccc(NS(=O)(=O)c2cccc(C(=O)Nc3ccc4c(c3)OCCCO4)c2)cc1. The summed E-state index contributed by atoms with van der Waals surface area (Å²) in [7, 11) is -3.94. The summed E-state index contributed by atoms with van der Waals surface area (Å²) in [4.78, 5) is 24.1. The largest absolute Gasteiger partial charge is 0.490 e. The number of carbonyl (C=O) groups excluding carboxylic acids is 2. The first-order valence-corrected chi connectivity index (χ1v) is 11.7. The van der Waals surface area contributed by atoms with Crippen molar-refractivity contribution in [2.45, 2.75) is 18.2 Å². The Hall–Kier alpha value is -3.85. The third-order valence-electron chi connectivity index (χ3n) is 4.96. The Kier molecular flexibility index (Phi) is 6.32. The first-order chi connectivity index (χ1) is 15.8. The van der Waals surface area contributed by atoms with Crippen LogP contribution in [0.1, 0.15) is 34.1 Å². The zero-order chi connectivity index (χ0) is 23.4. The van der Waals surface area contributed by atoms with Gasteiger partial charge in [0.15, 0.2) is 17.3 Å². The number of fused-ring (bicyclic) bond motifs is 1. The molecule has 1 aliphatic rings. The summed E-state index contributed by atoms with van der Waals surface area (Å²) in [6.07, 6.45) is 0.770. The zero-order valence-corrected chi connectivity index (χ0v) is 18.6. The van der Waals surface area contributed by atoms with Crippen molar-refractivity contribution in [3.05, 3.63) is 77.9 Å². The lowest BCUT2D eigenvalue weighted by atomic mass is 10.1. The first kappa shape index (κ1) is 22.3. The van der Waals surface area contributed by atoms with Crippen LogP contribution < -0.4 is 19.5 Å². The Bertz CT molecular complexity index is 1300. The number of ketones is 1. The van der Waals surface area contributed by atoms with Crippen molar-refractivity contribution in [2.75, 3.05) is 23.3 Å². The number of carbonyl (C=O) groups is 2. The fourth-order valence-electron chi connectivity index (χ4n) is 3.24. The molecule has 0 radical (unpaired) electrons. The number of sulfonamides is 1. The van der Waals surface area contributed by atoms with E-state index in [0.29, 0.717) is 41.7 Å². The molecule has 0 aliphatic carbocycles. The van der Waals surface area contributed by atoms with Crippen LogP contribution in [-0.2, 0) is 10.0 Å². The molecule has 0 unspecified atom stereocenters. The zero-order valence-electron chi connectivity index (χ0n) is 17.8. The smallest absolute Gasteiger partial charge is 0.261 e. The van der Waals surface area contributed by atoms with Gasteiger partial charge in [-0.05, 0) is 61.5 Å². The van der Waals surface area contributed by atoms with Crippen LogP contribution in [0.2, 0.25) is 0 Å². The van der Waals surface area contributed by atoms with Crippen molar-refractivity contribution in [1.29, 1.82) is 0 Å². The molecule has 0 saturated heterocycles. The predicted molar refractivity (Wildman–Crippen MR) is 124 cm³/mol. The minimum atomic E-state index is -3.94. The second-order valence-electron chi connectivity index (χ2n) is 7.43. The summed E-state index contributed by atoms with van der Waals surface area (Å²) in [6.45, 7) is 2.52. The summed E-state index contributed by atoms with van der Waals surface area (Å²) in [5.74, 6) is 0.576. The van der Waals surface area contributed by atoms with Gasteiger partial charge in [-0.2, -0.15) is 0 Å². The van der Waals surface area contributed by atoms with Crippen LogP contribution in [0.3, 0.4) is 0 Å². The number of amides is 1. The average Bonchev–Trinajstić information content (AvgIpc) is 3.04. The number of Topliss-reactive ketones (excluding diaryl/α,β-unsaturated/α-hetero) is 1. The Morgan fingerprint density at radius 2 is 1.52 bits per heavy atom. The molecule has 0 atom stereocenters. The maximum absolute atomic E-state index is 12.8. The van der Waals surface area contributed by atoms with Gasteiger partial charge in [-0.25, -0.2) is 8.42 Å². The first-order valence-electron chi connectivity index (χ1n) is 10.3. The molecule has 4 rings (SSSR count). The number of ether oxygens (including phenoxy) is 2. The number of hydrogen-bond donors (Lipinski definition) is 2. The molecule has 0 aromatic heterocycles. The minimum absolute atomic E-state index is 0.0653. The highest BCUT2D eigenvalue weighted by molar-refractivity contribution is 7.92. The molecule has 3 aromatic rings. The summed E-state index contributed by atoms with van der Waals surface area (Å²) >= 11 is 0. The van der Waals surface area contributed by atoms with Gasteiger partial charge in [-0.3, -0.25) is 14.3 Å². The third-order valence-corrected chi connectivity index (χ3v) is 6.33. The molecule has 1 heterocycles. The Balaban J connectivity index is 1.50. The Labute approximate surface area is 191 Å². The van der Waals surface area contributed by atoms with Crippen molar-refractivity contribution in [3.63, 3.8) is 0 Å². The summed E-state index contributed by atoms with van der Waals surface area (Å²) in [5.41, 5.74) is 1.46. The van der Waals surface area contributed by atoms with Crippen LogP contribution in [0.5, 0.6) is 11.5 Å². The lowest BCUT2D eigenvalue weighted by molar-refractivity contribution is 0.101. The van der Waals surface area contributed by atoms with Gasteiger partial charge in [0.2, 0.25) is 0 Å². The molecular weight excluding hydrogens is 444 g/mol. The van der Waals surface area contributed by atoms with Crippen molar-refractivity contribution in [1.82, 2.24) is 0 Å². The molecule has 1 aliphatic heterocycles. The summed E-state index contributed by atoms with van der Waals surface area (Å²) < 4.78 is 39.3. The molecule has 0 fully saturated rings. The normalized spacial score (nSPS) is 13.0. The maximum Gasteiger partial charge on any atom is 0.261 e. The van der Waals surface area contributed by atoms with Crippen LogP contribution in [-0.4, -0.2) is 33.3 Å². The van der Waals surface area contributed by atoms with E-state index in [9.17, 15) is 18.0 Å². The second-order valence-corrected chi connectivity index (χ2v) is 9.12. The highest BCUT2D eigenvalue weighted by Gasteiger charge is 2.18. The van der Waals surface area contributed by atoms with E-state index in [2.05, 4.69) is 10.0 Å². The Morgan fingerprint density at radius 3 is 2.24 bits per heavy atom. The average molecular weight is 467 g/mol. The highest BCUT2D eigenvalue weighted by Crippen LogP contribution is 2.32. The Morgan fingerprint density at radius 1 is 0.818 bits per heavy atom. The van der Waals surface area contributed by atoms with E-state index in [1.54, 1.807) is 30.3 Å². The van der Waals surface area contributed by atoms with Crippen LogP contribution in [0.25, 0.3) is 0 Å². The summed E-state index contributed by atoms with van der Waals surface area (Å²) in [6, 6.07) is 16.9. The van der Waals surface area contributed by atoms with Gasteiger partial charge < -0.3 is 14.8 Å². The monoisotopic (exact) mass is 466 g/mol. The molecular formula is C24H22N2O6S. The van der Waals surface area contributed by atoms with Crippen LogP contribution >= 0.6 is 0 Å². The minimum Gasteiger partial charge on any atom is -0.490 e. The van der Waals surface area contributed by atoms with Gasteiger partial charge in [-0.1, -0.05) is 6.07 Å². The molecule has 170 valence electrons. The molecule has 0 bridgehead atoms. The van der Waals surface area contributed by atoms with Gasteiger partial charge in [-0.15, -0.1) is 0 Å². The lowest BCUT2D eigenvalue weighted by Gasteiger charge is -2.12. The van der Waals surface area contributed by atoms with Gasteiger partial charge >= 0.3 is 0 Å². The van der Waals surface area contributed by atoms with Crippen LogP contribution in [0.4, 0.5) is 11.4 Å². The van der Waals surface area contributed by atoms with Crippen LogP contribution in [0, 0.1) is 0 Å². The van der Waals surface area contributed by atoms with Crippen molar-refractivity contribution in [3.8, 4) is 11.5 Å². The maximum atomic E-state index is 12.8. The van der Waals surface area contributed by atoms with Gasteiger partial charge in [0.1, 0.15) is 0 Å². The molecule has 33 heavy (non-hydrogen) atoms. The van der Waals surface area contributed by atoms with E-state index >= 15 is 0 Å². The van der Waals surface area contributed by atoms with Gasteiger partial charge in [0, 0.05) is 35.0 Å². The van der Waals surface area contributed by atoms with E-state index in [1.165, 1.54) is 43.3 Å². The van der Waals surface area contributed by atoms with Crippen molar-refractivity contribution >= 4 is 33.1 Å². The van der Waals surface area contributed by atoms with Gasteiger partial charge in [0.25, 0.3) is 15.9 Å². The van der Waals surface area contributed by atoms with Crippen molar-refractivity contribution in [2.24, 2.45) is 0 Å². The fraction of sp³-hybridized carbons (Fsp3) is 0.167. The number of hydrogen-bond acceptors (Lipinski definition) is 6. The number of nitrogens with one attached hydrogen (secondary N) is 2. The third kappa shape index (κ3) is 5.32. The second kappa shape index (κ2) is 9.33.